The Morgan fingerprint density at radius 3 is 2.68 bits per heavy atom. The number of carbonyl (C=O) groups is 1. The monoisotopic (exact) mass is 303 g/mol. The lowest BCUT2D eigenvalue weighted by Crippen LogP contribution is -2.49. The molecule has 0 unspecified atom stereocenters. The number of nitrogens with two attached hydrogens (primary N) is 1. The van der Waals surface area contributed by atoms with Crippen LogP contribution in [0.1, 0.15) is 23.2 Å². The Morgan fingerprint density at radius 2 is 2.00 bits per heavy atom. The molecule has 2 aliphatic heterocycles. The highest BCUT2D eigenvalue weighted by Crippen LogP contribution is 2.20. The van der Waals surface area contributed by atoms with Crippen LogP contribution < -0.4 is 16.0 Å². The Morgan fingerprint density at radius 1 is 1.27 bits per heavy atom. The number of rotatable bonds is 4. The normalized spacial score (nSPS) is 21.0. The lowest BCUT2D eigenvalue weighted by Gasteiger charge is -2.38. The molecule has 3 N–H and O–H groups in total. The van der Waals surface area contributed by atoms with E-state index in [0.717, 1.165) is 51.0 Å². The largest absolute Gasteiger partial charge is 0.365 e. The highest BCUT2D eigenvalue weighted by atomic mass is 16.1. The van der Waals surface area contributed by atoms with E-state index in [0.29, 0.717) is 5.56 Å². The topological polar surface area (TPSA) is 74.5 Å². The van der Waals surface area contributed by atoms with Gasteiger partial charge >= 0.3 is 0 Å². The molecule has 2 saturated heterocycles. The van der Waals surface area contributed by atoms with E-state index < -0.39 is 5.91 Å². The maximum atomic E-state index is 11.5. The molecule has 0 atom stereocenters. The van der Waals surface area contributed by atoms with Gasteiger partial charge in [0, 0.05) is 38.9 Å². The highest BCUT2D eigenvalue weighted by molar-refractivity contribution is 5.97. The number of hydrogen-bond acceptors (Lipinski definition) is 5. The van der Waals surface area contributed by atoms with Gasteiger partial charge in [-0.1, -0.05) is 0 Å². The third-order valence-electron chi connectivity index (χ3n) is 4.70. The quantitative estimate of drug-likeness (QED) is 0.837. The fourth-order valence-electron chi connectivity index (χ4n) is 3.41. The first-order valence-corrected chi connectivity index (χ1v) is 8.17. The van der Waals surface area contributed by atoms with Gasteiger partial charge in [-0.3, -0.25) is 9.69 Å². The molecule has 0 spiro atoms. The van der Waals surface area contributed by atoms with Crippen LogP contribution in [-0.2, 0) is 0 Å². The molecule has 0 bridgehead atoms. The van der Waals surface area contributed by atoms with Crippen molar-refractivity contribution >= 4 is 11.7 Å². The number of nitrogens with one attached hydrogen (secondary N) is 1. The fourth-order valence-corrected chi connectivity index (χ4v) is 3.41. The average Bonchev–Trinajstić information content (AvgIpc) is 2.56. The molecule has 6 nitrogen and oxygen atoms in total. The van der Waals surface area contributed by atoms with E-state index in [1.807, 2.05) is 0 Å². The SMILES string of the molecule is NC(=O)c1cccnc1N1CCN(CC2CCNCC2)CC1. The first kappa shape index (κ1) is 15.2. The lowest BCUT2D eigenvalue weighted by molar-refractivity contribution is 0.1000. The van der Waals surface area contributed by atoms with Gasteiger partial charge in [-0.05, 0) is 44.0 Å². The number of aromatic nitrogens is 1. The maximum Gasteiger partial charge on any atom is 0.252 e. The van der Waals surface area contributed by atoms with Crippen LogP contribution in [0.15, 0.2) is 18.3 Å². The number of amides is 1. The summed E-state index contributed by atoms with van der Waals surface area (Å²) in [6, 6.07) is 3.52. The van der Waals surface area contributed by atoms with E-state index in [2.05, 4.69) is 20.1 Å². The van der Waals surface area contributed by atoms with Crippen molar-refractivity contribution in [3.05, 3.63) is 23.9 Å². The van der Waals surface area contributed by atoms with Gasteiger partial charge in [-0.2, -0.15) is 0 Å². The molecule has 3 heterocycles. The molecule has 0 aromatic carbocycles. The van der Waals surface area contributed by atoms with Crippen molar-refractivity contribution in [2.24, 2.45) is 11.7 Å². The second-order valence-electron chi connectivity index (χ2n) is 6.22. The van der Waals surface area contributed by atoms with Crippen molar-refractivity contribution in [1.29, 1.82) is 0 Å². The van der Waals surface area contributed by atoms with Crippen LogP contribution in [0.3, 0.4) is 0 Å². The summed E-state index contributed by atoms with van der Waals surface area (Å²) in [5.74, 6) is 1.15. The van der Waals surface area contributed by atoms with Gasteiger partial charge in [0.05, 0.1) is 5.56 Å². The zero-order chi connectivity index (χ0) is 15.4. The molecular formula is C16H25N5O. The van der Waals surface area contributed by atoms with Crippen LogP contribution in [0, 0.1) is 5.92 Å². The van der Waals surface area contributed by atoms with Gasteiger partial charge in [-0.15, -0.1) is 0 Å². The molecule has 0 saturated carbocycles. The lowest BCUT2D eigenvalue weighted by atomic mass is 9.97. The van der Waals surface area contributed by atoms with Crippen molar-refractivity contribution in [2.75, 3.05) is 50.7 Å². The van der Waals surface area contributed by atoms with Crippen molar-refractivity contribution in [3.63, 3.8) is 0 Å². The van der Waals surface area contributed by atoms with Gasteiger partial charge in [0.25, 0.3) is 5.91 Å². The van der Waals surface area contributed by atoms with Crippen LogP contribution in [0.2, 0.25) is 0 Å². The van der Waals surface area contributed by atoms with E-state index in [4.69, 9.17) is 5.73 Å². The summed E-state index contributed by atoms with van der Waals surface area (Å²) < 4.78 is 0. The van der Waals surface area contributed by atoms with E-state index in [9.17, 15) is 4.79 Å². The predicted octanol–water partition coefficient (Wildman–Crippen LogP) is 0.302. The Hall–Kier alpha value is -1.66. The van der Waals surface area contributed by atoms with E-state index in [1.165, 1.54) is 19.4 Å². The molecule has 0 radical (unpaired) electrons. The standard InChI is InChI=1S/C16H25N5O/c17-15(22)14-2-1-5-19-16(14)21-10-8-20(9-11-21)12-13-3-6-18-7-4-13/h1-2,5,13,18H,3-4,6-12H2,(H2,17,22). The number of carbonyl (C=O) groups excluding carboxylic acids is 1. The molecule has 120 valence electrons. The fraction of sp³-hybridized carbons (Fsp3) is 0.625. The highest BCUT2D eigenvalue weighted by Gasteiger charge is 2.24. The number of pyridine rings is 1. The Labute approximate surface area is 131 Å². The Bertz CT molecular complexity index is 507. The Kier molecular flexibility index (Phi) is 4.90. The minimum atomic E-state index is -0.403. The minimum absolute atomic E-state index is 0.403. The van der Waals surface area contributed by atoms with Gasteiger partial charge in [0.15, 0.2) is 0 Å². The van der Waals surface area contributed by atoms with Gasteiger partial charge in [0.1, 0.15) is 5.82 Å². The molecular weight excluding hydrogens is 278 g/mol. The van der Waals surface area contributed by atoms with Crippen molar-refractivity contribution in [1.82, 2.24) is 15.2 Å². The maximum absolute atomic E-state index is 11.5. The van der Waals surface area contributed by atoms with Gasteiger partial charge < -0.3 is 16.0 Å². The summed E-state index contributed by atoms with van der Waals surface area (Å²) in [6.07, 6.45) is 4.29. The molecule has 6 heteroatoms. The van der Waals surface area contributed by atoms with E-state index in [1.54, 1.807) is 18.3 Å². The molecule has 1 amide bonds. The third kappa shape index (κ3) is 3.56. The first-order chi connectivity index (χ1) is 10.7. The summed E-state index contributed by atoms with van der Waals surface area (Å²) >= 11 is 0. The molecule has 2 aliphatic rings. The zero-order valence-corrected chi connectivity index (χ0v) is 13.0. The van der Waals surface area contributed by atoms with E-state index in [-0.39, 0.29) is 0 Å². The number of nitrogens with zero attached hydrogens (tertiary/aromatic N) is 3. The van der Waals surface area contributed by atoms with Crippen LogP contribution in [0.5, 0.6) is 0 Å². The smallest absolute Gasteiger partial charge is 0.252 e. The number of anilines is 1. The molecule has 1 aromatic rings. The molecule has 1 aromatic heterocycles. The molecule has 2 fully saturated rings. The molecule has 22 heavy (non-hydrogen) atoms. The van der Waals surface area contributed by atoms with Crippen LogP contribution in [-0.4, -0.2) is 61.6 Å². The zero-order valence-electron chi connectivity index (χ0n) is 13.0. The molecule has 3 rings (SSSR count). The number of piperazine rings is 1. The van der Waals surface area contributed by atoms with Crippen molar-refractivity contribution in [2.45, 2.75) is 12.8 Å². The van der Waals surface area contributed by atoms with Gasteiger partial charge in [-0.25, -0.2) is 4.98 Å². The first-order valence-electron chi connectivity index (χ1n) is 8.17. The second-order valence-corrected chi connectivity index (χ2v) is 6.22. The number of primary amides is 1. The molecule has 0 aliphatic carbocycles. The third-order valence-corrected chi connectivity index (χ3v) is 4.70. The van der Waals surface area contributed by atoms with Crippen LogP contribution in [0.25, 0.3) is 0 Å². The van der Waals surface area contributed by atoms with Crippen molar-refractivity contribution < 1.29 is 4.79 Å². The Balaban J connectivity index is 1.56. The van der Waals surface area contributed by atoms with E-state index >= 15 is 0 Å². The van der Waals surface area contributed by atoms with Gasteiger partial charge in [0.2, 0.25) is 0 Å². The summed E-state index contributed by atoms with van der Waals surface area (Å²) in [6.45, 7) is 7.36. The number of piperidine rings is 1. The summed E-state index contributed by atoms with van der Waals surface area (Å²) in [4.78, 5) is 20.6. The summed E-state index contributed by atoms with van der Waals surface area (Å²) in [5.41, 5.74) is 5.97. The van der Waals surface area contributed by atoms with Crippen LogP contribution in [0.4, 0.5) is 5.82 Å². The predicted molar refractivity (Wildman–Crippen MR) is 87.0 cm³/mol. The minimum Gasteiger partial charge on any atom is -0.365 e. The number of hydrogen-bond donors (Lipinski definition) is 2. The average molecular weight is 303 g/mol. The van der Waals surface area contributed by atoms with Crippen molar-refractivity contribution in [3.8, 4) is 0 Å². The summed E-state index contributed by atoms with van der Waals surface area (Å²) in [7, 11) is 0. The van der Waals surface area contributed by atoms with Crippen LogP contribution >= 0.6 is 0 Å². The second kappa shape index (κ2) is 7.07. The summed E-state index contributed by atoms with van der Waals surface area (Å²) in [5, 5.41) is 3.42.